The van der Waals surface area contributed by atoms with Crippen molar-refractivity contribution >= 4 is 23.4 Å². The van der Waals surface area contributed by atoms with Gasteiger partial charge in [-0.15, -0.1) is 0 Å². The monoisotopic (exact) mass is 376 g/mol. The van der Waals surface area contributed by atoms with Crippen LogP contribution in [0.25, 0.3) is 0 Å². The van der Waals surface area contributed by atoms with Crippen molar-refractivity contribution in [2.45, 2.75) is 20.3 Å². The Morgan fingerprint density at radius 1 is 1.04 bits per heavy atom. The highest BCUT2D eigenvalue weighted by Crippen LogP contribution is 2.21. The van der Waals surface area contributed by atoms with Gasteiger partial charge in [0.2, 0.25) is 5.95 Å². The lowest BCUT2D eigenvalue weighted by molar-refractivity contribution is 0.0527. The summed E-state index contributed by atoms with van der Waals surface area (Å²) in [6.07, 6.45) is 0.901. The van der Waals surface area contributed by atoms with E-state index in [1.54, 1.807) is 25.1 Å². The Bertz CT molecular complexity index is 929. The second-order valence-electron chi connectivity index (χ2n) is 6.27. The summed E-state index contributed by atoms with van der Waals surface area (Å²) in [7, 11) is 0. The minimum Gasteiger partial charge on any atom is -0.462 e. The standard InChI is InChI=1S/C22H24N4O2/c1-3-28-21(27)18-11-7-8-12-19(18)25-22-24-16(2)15-20(26-22)23-14-13-17-9-5-4-6-10-17/h4-12,15H,3,13-14H2,1-2H3,(H2,23,24,25,26). The third kappa shape index (κ3) is 5.30. The molecule has 0 bridgehead atoms. The number of nitrogens with one attached hydrogen (secondary N) is 2. The van der Waals surface area contributed by atoms with Gasteiger partial charge in [-0.3, -0.25) is 0 Å². The molecule has 144 valence electrons. The second kappa shape index (κ2) is 9.50. The number of carbonyl (C=O) groups is 1. The van der Waals surface area contributed by atoms with Gasteiger partial charge in [0.05, 0.1) is 17.9 Å². The maximum Gasteiger partial charge on any atom is 0.340 e. The van der Waals surface area contributed by atoms with Crippen molar-refractivity contribution in [3.05, 3.63) is 77.5 Å². The highest BCUT2D eigenvalue weighted by Gasteiger charge is 2.13. The summed E-state index contributed by atoms with van der Waals surface area (Å²) in [5.41, 5.74) is 3.16. The van der Waals surface area contributed by atoms with Gasteiger partial charge < -0.3 is 15.4 Å². The summed E-state index contributed by atoms with van der Waals surface area (Å²) >= 11 is 0. The number of anilines is 3. The Morgan fingerprint density at radius 3 is 2.57 bits per heavy atom. The summed E-state index contributed by atoms with van der Waals surface area (Å²) in [5, 5.41) is 6.47. The van der Waals surface area contributed by atoms with Crippen LogP contribution in [0.2, 0.25) is 0 Å². The van der Waals surface area contributed by atoms with Crippen LogP contribution in [0.4, 0.5) is 17.5 Å². The number of hydrogen-bond donors (Lipinski definition) is 2. The van der Waals surface area contributed by atoms with Crippen molar-refractivity contribution in [1.29, 1.82) is 0 Å². The smallest absolute Gasteiger partial charge is 0.340 e. The van der Waals surface area contributed by atoms with E-state index in [4.69, 9.17) is 4.74 Å². The quantitative estimate of drug-likeness (QED) is 0.569. The van der Waals surface area contributed by atoms with E-state index in [0.717, 1.165) is 24.5 Å². The maximum absolute atomic E-state index is 12.2. The lowest BCUT2D eigenvalue weighted by Gasteiger charge is -2.12. The van der Waals surface area contributed by atoms with E-state index in [0.29, 0.717) is 23.8 Å². The second-order valence-corrected chi connectivity index (χ2v) is 6.27. The van der Waals surface area contributed by atoms with E-state index >= 15 is 0 Å². The zero-order valence-corrected chi connectivity index (χ0v) is 16.1. The molecule has 2 N–H and O–H groups in total. The molecule has 0 atom stereocenters. The largest absolute Gasteiger partial charge is 0.462 e. The number of carbonyl (C=O) groups excluding carboxylic acids is 1. The van der Waals surface area contributed by atoms with Crippen molar-refractivity contribution in [2.75, 3.05) is 23.8 Å². The average Bonchev–Trinajstić information content (AvgIpc) is 2.69. The summed E-state index contributed by atoms with van der Waals surface area (Å²) < 4.78 is 5.12. The lowest BCUT2D eigenvalue weighted by Crippen LogP contribution is -2.11. The third-order valence-electron chi connectivity index (χ3n) is 4.09. The predicted octanol–water partition coefficient (Wildman–Crippen LogP) is 4.36. The van der Waals surface area contributed by atoms with Gasteiger partial charge in [0.25, 0.3) is 0 Å². The van der Waals surface area contributed by atoms with E-state index in [-0.39, 0.29) is 5.97 Å². The molecule has 0 fully saturated rings. The van der Waals surface area contributed by atoms with Gasteiger partial charge in [-0.05, 0) is 38.0 Å². The van der Waals surface area contributed by atoms with Crippen molar-refractivity contribution < 1.29 is 9.53 Å². The van der Waals surface area contributed by atoms with Gasteiger partial charge >= 0.3 is 5.97 Å². The predicted molar refractivity (Wildman–Crippen MR) is 111 cm³/mol. The van der Waals surface area contributed by atoms with E-state index in [2.05, 4.69) is 32.7 Å². The Balaban J connectivity index is 1.71. The minimum absolute atomic E-state index is 0.323. The van der Waals surface area contributed by atoms with Crippen LogP contribution in [0.1, 0.15) is 28.5 Å². The van der Waals surface area contributed by atoms with Gasteiger partial charge in [-0.1, -0.05) is 42.5 Å². The summed E-state index contributed by atoms with van der Waals surface area (Å²) in [6, 6.07) is 19.4. The van der Waals surface area contributed by atoms with Crippen molar-refractivity contribution in [3.8, 4) is 0 Å². The summed E-state index contributed by atoms with van der Waals surface area (Å²) in [5.74, 6) is 0.790. The molecule has 0 saturated carbocycles. The molecule has 0 unspecified atom stereocenters. The topological polar surface area (TPSA) is 76.1 Å². The van der Waals surface area contributed by atoms with Crippen LogP contribution in [0.3, 0.4) is 0 Å². The number of aryl methyl sites for hydroxylation is 1. The molecule has 0 radical (unpaired) electrons. The molecule has 1 heterocycles. The Morgan fingerprint density at radius 2 is 1.79 bits per heavy atom. The zero-order chi connectivity index (χ0) is 19.8. The van der Waals surface area contributed by atoms with Crippen LogP contribution in [0.15, 0.2) is 60.7 Å². The summed E-state index contributed by atoms with van der Waals surface area (Å²) in [6.45, 7) is 4.78. The number of hydrogen-bond acceptors (Lipinski definition) is 6. The summed E-state index contributed by atoms with van der Waals surface area (Å²) in [4.78, 5) is 21.1. The van der Waals surface area contributed by atoms with Crippen molar-refractivity contribution in [1.82, 2.24) is 9.97 Å². The number of para-hydroxylation sites is 1. The van der Waals surface area contributed by atoms with E-state index < -0.39 is 0 Å². The molecule has 0 spiro atoms. The van der Waals surface area contributed by atoms with Crippen LogP contribution in [0.5, 0.6) is 0 Å². The first-order valence-corrected chi connectivity index (χ1v) is 9.32. The Hall–Kier alpha value is -3.41. The van der Waals surface area contributed by atoms with E-state index in [1.165, 1.54) is 5.56 Å². The fourth-order valence-electron chi connectivity index (χ4n) is 2.79. The minimum atomic E-state index is -0.375. The van der Waals surface area contributed by atoms with Gasteiger partial charge in [-0.2, -0.15) is 4.98 Å². The first-order chi connectivity index (χ1) is 13.7. The molecule has 0 aliphatic carbocycles. The van der Waals surface area contributed by atoms with Crippen LogP contribution < -0.4 is 10.6 Å². The molecule has 6 heteroatoms. The number of aromatic nitrogens is 2. The fourth-order valence-corrected chi connectivity index (χ4v) is 2.79. The van der Waals surface area contributed by atoms with Gasteiger partial charge in [0.15, 0.2) is 0 Å². The van der Waals surface area contributed by atoms with Gasteiger partial charge in [0, 0.05) is 18.3 Å². The van der Waals surface area contributed by atoms with Gasteiger partial charge in [-0.25, -0.2) is 9.78 Å². The van der Waals surface area contributed by atoms with E-state index in [9.17, 15) is 4.79 Å². The SMILES string of the molecule is CCOC(=O)c1ccccc1Nc1nc(C)cc(NCCc2ccccc2)n1. The average molecular weight is 376 g/mol. The Labute approximate surface area is 165 Å². The molecule has 0 amide bonds. The molecule has 0 aliphatic heterocycles. The first kappa shape index (κ1) is 19.4. The normalized spacial score (nSPS) is 10.4. The van der Waals surface area contributed by atoms with Crippen LogP contribution in [-0.2, 0) is 11.2 Å². The number of benzene rings is 2. The van der Waals surface area contributed by atoms with Crippen molar-refractivity contribution in [2.24, 2.45) is 0 Å². The first-order valence-electron chi connectivity index (χ1n) is 9.32. The highest BCUT2D eigenvalue weighted by atomic mass is 16.5. The highest BCUT2D eigenvalue weighted by molar-refractivity contribution is 5.96. The fraction of sp³-hybridized carbons (Fsp3) is 0.227. The van der Waals surface area contributed by atoms with Gasteiger partial charge in [0.1, 0.15) is 5.82 Å². The molecule has 6 nitrogen and oxygen atoms in total. The van der Waals surface area contributed by atoms with E-state index in [1.807, 2.05) is 37.3 Å². The number of esters is 1. The number of rotatable bonds is 8. The zero-order valence-electron chi connectivity index (χ0n) is 16.1. The number of nitrogens with zero attached hydrogens (tertiary/aromatic N) is 2. The van der Waals surface area contributed by atoms with Crippen LogP contribution in [0, 0.1) is 6.92 Å². The molecular weight excluding hydrogens is 352 g/mol. The Kier molecular flexibility index (Phi) is 6.57. The molecule has 0 aliphatic rings. The third-order valence-corrected chi connectivity index (χ3v) is 4.09. The van der Waals surface area contributed by atoms with Crippen LogP contribution >= 0.6 is 0 Å². The molecule has 3 aromatic rings. The molecule has 3 rings (SSSR count). The molecule has 1 aromatic heterocycles. The number of ether oxygens (including phenoxy) is 1. The molecular formula is C22H24N4O2. The molecule has 2 aromatic carbocycles. The van der Waals surface area contributed by atoms with Crippen LogP contribution in [-0.4, -0.2) is 29.1 Å². The lowest BCUT2D eigenvalue weighted by atomic mass is 10.1. The molecule has 28 heavy (non-hydrogen) atoms. The maximum atomic E-state index is 12.2. The molecule has 0 saturated heterocycles. The van der Waals surface area contributed by atoms with Crippen molar-refractivity contribution in [3.63, 3.8) is 0 Å².